The van der Waals surface area contributed by atoms with E-state index in [4.69, 9.17) is 16.7 Å². The second-order valence-corrected chi connectivity index (χ2v) is 5.72. The zero-order chi connectivity index (χ0) is 14.9. The maximum Gasteiger partial charge on any atom is 0.337 e. The summed E-state index contributed by atoms with van der Waals surface area (Å²) in [4.78, 5) is 24.7. The minimum Gasteiger partial charge on any atom is -0.478 e. The first-order chi connectivity index (χ1) is 9.38. The van der Waals surface area contributed by atoms with Gasteiger partial charge in [0, 0.05) is 18.6 Å². The molecule has 0 aliphatic heterocycles. The van der Waals surface area contributed by atoms with E-state index >= 15 is 0 Å². The van der Waals surface area contributed by atoms with Gasteiger partial charge >= 0.3 is 12.0 Å². The summed E-state index contributed by atoms with van der Waals surface area (Å²) < 4.78 is 0. The molecule has 2 unspecified atom stereocenters. The van der Waals surface area contributed by atoms with Gasteiger partial charge in [-0.1, -0.05) is 18.5 Å². The van der Waals surface area contributed by atoms with Gasteiger partial charge in [0.25, 0.3) is 0 Å². The summed E-state index contributed by atoms with van der Waals surface area (Å²) in [6.07, 6.45) is 1.14. The van der Waals surface area contributed by atoms with Crippen LogP contribution in [-0.4, -0.2) is 35.6 Å². The highest BCUT2D eigenvalue weighted by Gasteiger charge is 2.34. The molecule has 2 N–H and O–H groups in total. The highest BCUT2D eigenvalue weighted by molar-refractivity contribution is 6.31. The van der Waals surface area contributed by atoms with Gasteiger partial charge in [-0.25, -0.2) is 9.59 Å². The molecule has 1 saturated carbocycles. The van der Waals surface area contributed by atoms with Gasteiger partial charge in [0.05, 0.1) is 11.3 Å². The molecule has 1 fully saturated rings. The Morgan fingerprint density at radius 2 is 2.15 bits per heavy atom. The van der Waals surface area contributed by atoms with Crippen LogP contribution in [0.15, 0.2) is 18.2 Å². The molecule has 1 aromatic rings. The monoisotopic (exact) mass is 296 g/mol. The van der Waals surface area contributed by atoms with Gasteiger partial charge in [-0.05, 0) is 36.5 Å². The predicted octanol–water partition coefficient (Wildman–Crippen LogP) is 3.16. The first kappa shape index (κ1) is 14.7. The maximum atomic E-state index is 12.0. The third-order valence-corrected chi connectivity index (χ3v) is 3.82. The molecule has 0 radical (unpaired) electrons. The van der Waals surface area contributed by atoms with Crippen molar-refractivity contribution in [3.8, 4) is 0 Å². The number of carboxylic acid groups (broad SMARTS) is 1. The Balaban J connectivity index is 2.05. The van der Waals surface area contributed by atoms with E-state index in [-0.39, 0.29) is 17.3 Å². The minimum absolute atomic E-state index is 0.0148. The Hall–Kier alpha value is -1.75. The fourth-order valence-corrected chi connectivity index (χ4v) is 2.27. The SMILES string of the molecule is CC1CC1CN(C)C(=O)Nc1ccc(Cl)cc1C(=O)O. The number of carbonyl (C=O) groups is 2. The molecular weight excluding hydrogens is 280 g/mol. The molecular formula is C14H17ClN2O3. The number of nitrogens with zero attached hydrogens (tertiary/aromatic N) is 1. The number of benzene rings is 1. The topological polar surface area (TPSA) is 69.6 Å². The molecule has 2 amide bonds. The minimum atomic E-state index is -1.12. The van der Waals surface area contributed by atoms with Gasteiger partial charge in [-0.2, -0.15) is 0 Å². The average Bonchev–Trinajstić information content (AvgIpc) is 3.06. The van der Waals surface area contributed by atoms with E-state index in [1.54, 1.807) is 18.0 Å². The molecule has 1 aromatic carbocycles. The van der Waals surface area contributed by atoms with Crippen molar-refractivity contribution in [3.63, 3.8) is 0 Å². The van der Waals surface area contributed by atoms with E-state index in [9.17, 15) is 9.59 Å². The quantitative estimate of drug-likeness (QED) is 0.896. The lowest BCUT2D eigenvalue weighted by Crippen LogP contribution is -2.33. The Kier molecular flexibility index (Phi) is 4.18. The van der Waals surface area contributed by atoms with Crippen LogP contribution in [0.5, 0.6) is 0 Å². The highest BCUT2D eigenvalue weighted by atomic mass is 35.5. The van der Waals surface area contributed by atoms with Crippen LogP contribution in [0.1, 0.15) is 23.7 Å². The molecule has 0 heterocycles. The van der Waals surface area contributed by atoms with Gasteiger partial charge in [0.1, 0.15) is 0 Å². The van der Waals surface area contributed by atoms with Crippen LogP contribution >= 0.6 is 11.6 Å². The highest BCUT2D eigenvalue weighted by Crippen LogP contribution is 2.38. The van der Waals surface area contributed by atoms with Gasteiger partial charge in [0.2, 0.25) is 0 Å². The number of nitrogens with one attached hydrogen (secondary N) is 1. The Bertz CT molecular complexity index is 547. The summed E-state index contributed by atoms with van der Waals surface area (Å²) in [6.45, 7) is 2.83. The van der Waals surface area contributed by atoms with Crippen molar-refractivity contribution in [2.75, 3.05) is 18.9 Å². The summed E-state index contributed by atoms with van der Waals surface area (Å²) in [5.41, 5.74) is 0.238. The number of anilines is 1. The Labute approximate surface area is 122 Å². The first-order valence-corrected chi connectivity index (χ1v) is 6.81. The van der Waals surface area contributed by atoms with Crippen LogP contribution in [0.25, 0.3) is 0 Å². The second-order valence-electron chi connectivity index (χ2n) is 5.28. The molecule has 1 aliphatic carbocycles. The van der Waals surface area contributed by atoms with Gasteiger partial charge in [0.15, 0.2) is 0 Å². The van der Waals surface area contributed by atoms with E-state index in [0.29, 0.717) is 23.4 Å². The molecule has 20 heavy (non-hydrogen) atoms. The zero-order valence-electron chi connectivity index (χ0n) is 11.4. The fourth-order valence-electron chi connectivity index (χ4n) is 2.10. The van der Waals surface area contributed by atoms with Crippen molar-refractivity contribution in [1.82, 2.24) is 4.90 Å². The summed E-state index contributed by atoms with van der Waals surface area (Å²) in [5, 5.41) is 12.0. The molecule has 2 atom stereocenters. The van der Waals surface area contributed by atoms with Gasteiger partial charge < -0.3 is 15.3 Å². The Morgan fingerprint density at radius 1 is 1.50 bits per heavy atom. The number of amides is 2. The molecule has 1 aliphatic rings. The summed E-state index contributed by atoms with van der Waals surface area (Å²) in [6, 6.07) is 4.06. The molecule has 5 nitrogen and oxygen atoms in total. The summed E-state index contributed by atoms with van der Waals surface area (Å²) in [5.74, 6) is 0.0894. The van der Waals surface area contributed by atoms with Crippen molar-refractivity contribution in [1.29, 1.82) is 0 Å². The summed E-state index contributed by atoms with van der Waals surface area (Å²) >= 11 is 5.77. The molecule has 0 spiro atoms. The van der Waals surface area contributed by atoms with E-state index in [2.05, 4.69) is 12.2 Å². The van der Waals surface area contributed by atoms with Gasteiger partial charge in [-0.3, -0.25) is 0 Å². The number of carboxylic acids is 1. The van der Waals surface area contributed by atoms with Crippen LogP contribution in [0.3, 0.4) is 0 Å². The fraction of sp³-hybridized carbons (Fsp3) is 0.429. The number of urea groups is 1. The molecule has 0 bridgehead atoms. The second kappa shape index (κ2) is 5.71. The number of aromatic carboxylic acids is 1. The smallest absolute Gasteiger partial charge is 0.337 e. The number of rotatable bonds is 4. The number of hydrogen-bond donors (Lipinski definition) is 2. The van der Waals surface area contributed by atoms with E-state index in [0.717, 1.165) is 6.42 Å². The van der Waals surface area contributed by atoms with Crippen molar-refractivity contribution >= 4 is 29.3 Å². The molecule has 0 aromatic heterocycles. The van der Waals surface area contributed by atoms with Crippen LogP contribution < -0.4 is 5.32 Å². The number of hydrogen-bond acceptors (Lipinski definition) is 2. The summed E-state index contributed by atoms with van der Waals surface area (Å²) in [7, 11) is 1.71. The predicted molar refractivity (Wildman–Crippen MR) is 77.3 cm³/mol. The number of halogens is 1. The normalized spacial score (nSPS) is 20.4. The third-order valence-electron chi connectivity index (χ3n) is 3.58. The van der Waals surface area contributed by atoms with E-state index in [1.807, 2.05) is 0 Å². The van der Waals surface area contributed by atoms with Gasteiger partial charge in [-0.15, -0.1) is 0 Å². The average molecular weight is 297 g/mol. The van der Waals surface area contributed by atoms with E-state index in [1.165, 1.54) is 12.1 Å². The lowest BCUT2D eigenvalue weighted by molar-refractivity contribution is 0.0698. The van der Waals surface area contributed by atoms with E-state index < -0.39 is 5.97 Å². The lowest BCUT2D eigenvalue weighted by atomic mass is 10.2. The molecule has 6 heteroatoms. The van der Waals surface area contributed by atoms with Crippen LogP contribution in [0, 0.1) is 11.8 Å². The van der Waals surface area contributed by atoms with Crippen molar-refractivity contribution in [2.24, 2.45) is 11.8 Å². The Morgan fingerprint density at radius 3 is 2.70 bits per heavy atom. The maximum absolute atomic E-state index is 12.0. The zero-order valence-corrected chi connectivity index (χ0v) is 12.1. The van der Waals surface area contributed by atoms with Crippen LogP contribution in [0.4, 0.5) is 10.5 Å². The molecule has 0 saturated heterocycles. The number of carbonyl (C=O) groups excluding carboxylic acids is 1. The first-order valence-electron chi connectivity index (χ1n) is 6.43. The third kappa shape index (κ3) is 3.42. The van der Waals surface area contributed by atoms with Crippen molar-refractivity contribution < 1.29 is 14.7 Å². The van der Waals surface area contributed by atoms with Crippen molar-refractivity contribution in [2.45, 2.75) is 13.3 Å². The largest absolute Gasteiger partial charge is 0.478 e. The van der Waals surface area contributed by atoms with Crippen LogP contribution in [0.2, 0.25) is 5.02 Å². The van der Waals surface area contributed by atoms with Crippen LogP contribution in [-0.2, 0) is 0 Å². The molecule has 108 valence electrons. The van der Waals surface area contributed by atoms with Crippen molar-refractivity contribution in [3.05, 3.63) is 28.8 Å². The molecule has 2 rings (SSSR count). The standard InChI is InChI=1S/C14H17ClN2O3/c1-8-5-9(8)7-17(2)14(20)16-12-4-3-10(15)6-11(12)13(18)19/h3-4,6,8-9H,5,7H2,1-2H3,(H,16,20)(H,18,19). The lowest BCUT2D eigenvalue weighted by Gasteiger charge is -2.18.